The lowest BCUT2D eigenvalue weighted by Gasteiger charge is -2.20. The zero-order valence-corrected chi connectivity index (χ0v) is 18.2. The average molecular weight is 436 g/mol. The van der Waals surface area contributed by atoms with Crippen molar-refractivity contribution in [3.8, 4) is 5.69 Å². The summed E-state index contributed by atoms with van der Waals surface area (Å²) in [6, 6.07) is 13.3. The Bertz CT molecular complexity index is 1170. The fourth-order valence-corrected chi connectivity index (χ4v) is 3.73. The summed E-state index contributed by atoms with van der Waals surface area (Å²) in [6.07, 6.45) is 1.81. The Morgan fingerprint density at radius 1 is 1.03 bits per heavy atom. The van der Waals surface area contributed by atoms with Gasteiger partial charge in [0.15, 0.2) is 5.69 Å². The number of nitrogens with one attached hydrogen (secondary N) is 2. The van der Waals surface area contributed by atoms with Gasteiger partial charge in [-0.2, -0.15) is 5.10 Å². The second-order valence-electron chi connectivity index (χ2n) is 8.65. The van der Waals surface area contributed by atoms with E-state index in [-0.39, 0.29) is 11.4 Å². The second-order valence-corrected chi connectivity index (χ2v) is 8.65. The molecule has 1 heterocycles. The van der Waals surface area contributed by atoms with Gasteiger partial charge in [0.25, 0.3) is 5.91 Å². The van der Waals surface area contributed by atoms with Gasteiger partial charge >= 0.3 is 6.09 Å². The Morgan fingerprint density at radius 2 is 1.78 bits per heavy atom. The van der Waals surface area contributed by atoms with Gasteiger partial charge < -0.3 is 10.1 Å². The van der Waals surface area contributed by atoms with Gasteiger partial charge in [0.1, 0.15) is 11.4 Å². The summed E-state index contributed by atoms with van der Waals surface area (Å²) < 4.78 is 21.0. The summed E-state index contributed by atoms with van der Waals surface area (Å²) >= 11 is 0. The molecule has 0 saturated heterocycles. The van der Waals surface area contributed by atoms with Crippen molar-refractivity contribution in [2.75, 3.05) is 10.6 Å². The zero-order valence-electron chi connectivity index (χ0n) is 18.2. The van der Waals surface area contributed by atoms with Crippen molar-refractivity contribution < 1.29 is 18.7 Å². The highest BCUT2D eigenvalue weighted by atomic mass is 19.1. The molecular formula is C24H25FN4O3. The first-order chi connectivity index (χ1) is 15.2. The molecule has 0 bridgehead atoms. The fraction of sp³-hybridized carbons (Fsp3) is 0.292. The highest BCUT2D eigenvalue weighted by molar-refractivity contribution is 6.06. The smallest absolute Gasteiger partial charge is 0.412 e. The maximum atomic E-state index is 13.9. The number of nitrogens with zero attached hydrogens (tertiary/aromatic N) is 2. The van der Waals surface area contributed by atoms with Gasteiger partial charge in [0.05, 0.1) is 17.1 Å². The van der Waals surface area contributed by atoms with Crippen molar-refractivity contribution in [2.45, 2.75) is 45.6 Å². The zero-order chi connectivity index (χ0) is 22.9. The molecule has 0 unspecified atom stereocenters. The predicted molar refractivity (Wildman–Crippen MR) is 120 cm³/mol. The van der Waals surface area contributed by atoms with E-state index in [9.17, 15) is 14.0 Å². The molecule has 2 N–H and O–H groups in total. The minimum atomic E-state index is -0.700. The van der Waals surface area contributed by atoms with Crippen LogP contribution in [0.2, 0.25) is 0 Å². The lowest BCUT2D eigenvalue weighted by atomic mass is 10.2. The van der Waals surface area contributed by atoms with Crippen molar-refractivity contribution in [3.05, 3.63) is 71.3 Å². The van der Waals surface area contributed by atoms with Gasteiger partial charge in [-0.15, -0.1) is 0 Å². The van der Waals surface area contributed by atoms with Crippen molar-refractivity contribution in [2.24, 2.45) is 0 Å². The molecule has 0 saturated carbocycles. The Balaban J connectivity index is 1.61. The Labute approximate surface area is 185 Å². The van der Waals surface area contributed by atoms with Crippen molar-refractivity contribution in [1.82, 2.24) is 9.78 Å². The van der Waals surface area contributed by atoms with E-state index in [1.165, 1.54) is 12.1 Å². The molecule has 2 amide bonds. The highest BCUT2D eigenvalue weighted by Crippen LogP contribution is 2.30. The van der Waals surface area contributed by atoms with Crippen molar-refractivity contribution >= 4 is 23.4 Å². The molecule has 0 radical (unpaired) electrons. The van der Waals surface area contributed by atoms with Crippen LogP contribution in [0.1, 0.15) is 48.9 Å². The largest absolute Gasteiger partial charge is 0.444 e. The average Bonchev–Trinajstić information content (AvgIpc) is 3.32. The molecule has 0 aliphatic heterocycles. The molecule has 7 nitrogen and oxygen atoms in total. The van der Waals surface area contributed by atoms with Crippen LogP contribution in [0.15, 0.2) is 48.5 Å². The standard InChI is InChI=1S/C24H25FN4O3/c1-24(2,3)32-23(31)27-18-13-12-15(25)14-19(18)26-22(30)21-17-10-7-11-20(17)29(28-21)16-8-5-4-6-9-16/h4-6,8-9,12-14H,7,10-11H2,1-3H3,(H,26,30)(H,27,31). The van der Waals surface area contributed by atoms with Gasteiger partial charge in [-0.25, -0.2) is 13.9 Å². The quantitative estimate of drug-likeness (QED) is 0.596. The topological polar surface area (TPSA) is 85.2 Å². The van der Waals surface area contributed by atoms with Gasteiger partial charge in [0, 0.05) is 11.3 Å². The molecule has 32 heavy (non-hydrogen) atoms. The first kappa shape index (κ1) is 21.5. The number of aromatic nitrogens is 2. The van der Waals surface area contributed by atoms with E-state index >= 15 is 0 Å². The minimum absolute atomic E-state index is 0.127. The molecule has 1 aromatic heterocycles. The number of hydrogen-bond donors (Lipinski definition) is 2. The third-order valence-electron chi connectivity index (χ3n) is 5.01. The first-order valence-corrected chi connectivity index (χ1v) is 10.5. The monoisotopic (exact) mass is 436 g/mol. The molecule has 0 fully saturated rings. The van der Waals surface area contributed by atoms with Crippen LogP contribution >= 0.6 is 0 Å². The van der Waals surface area contributed by atoms with Crippen LogP contribution in [-0.4, -0.2) is 27.4 Å². The molecule has 1 aliphatic rings. The van der Waals surface area contributed by atoms with E-state index in [1.807, 2.05) is 30.3 Å². The molecule has 166 valence electrons. The summed E-state index contributed by atoms with van der Waals surface area (Å²) in [6.45, 7) is 5.22. The van der Waals surface area contributed by atoms with Gasteiger partial charge in [-0.3, -0.25) is 10.1 Å². The van der Waals surface area contributed by atoms with Crippen LogP contribution in [0, 0.1) is 5.82 Å². The molecule has 8 heteroatoms. The molecule has 3 aromatic rings. The number of carbonyl (C=O) groups is 2. The normalized spacial score (nSPS) is 12.9. The predicted octanol–water partition coefficient (Wildman–Crippen LogP) is 5.10. The van der Waals surface area contributed by atoms with E-state index in [0.29, 0.717) is 5.69 Å². The molecular weight excluding hydrogens is 411 g/mol. The number of benzene rings is 2. The summed E-state index contributed by atoms with van der Waals surface area (Å²) in [7, 11) is 0. The maximum Gasteiger partial charge on any atom is 0.412 e. The van der Waals surface area contributed by atoms with Crippen molar-refractivity contribution in [1.29, 1.82) is 0 Å². The molecule has 1 aliphatic carbocycles. The van der Waals surface area contributed by atoms with Gasteiger partial charge in [0.2, 0.25) is 0 Å². The van der Waals surface area contributed by atoms with Crippen LogP contribution in [-0.2, 0) is 17.6 Å². The maximum absolute atomic E-state index is 13.9. The number of rotatable bonds is 4. The SMILES string of the molecule is CC(C)(C)OC(=O)Nc1ccc(F)cc1NC(=O)c1nn(-c2ccccc2)c2c1CCC2. The lowest BCUT2D eigenvalue weighted by molar-refractivity contribution is 0.0635. The second kappa shape index (κ2) is 8.45. The van der Waals surface area contributed by atoms with E-state index in [0.717, 1.165) is 42.3 Å². The Morgan fingerprint density at radius 3 is 2.50 bits per heavy atom. The Hall–Kier alpha value is -3.68. The first-order valence-electron chi connectivity index (χ1n) is 10.5. The Kier molecular flexibility index (Phi) is 5.69. The van der Waals surface area contributed by atoms with Crippen molar-refractivity contribution in [3.63, 3.8) is 0 Å². The number of halogens is 1. The number of anilines is 2. The molecule has 0 spiro atoms. The molecule has 4 rings (SSSR count). The minimum Gasteiger partial charge on any atom is -0.444 e. The third-order valence-corrected chi connectivity index (χ3v) is 5.01. The summed E-state index contributed by atoms with van der Waals surface area (Å²) in [5.74, 6) is -1.01. The fourth-order valence-electron chi connectivity index (χ4n) is 3.73. The van der Waals surface area contributed by atoms with Crippen LogP contribution < -0.4 is 10.6 Å². The number of para-hydroxylation sites is 1. The van der Waals surface area contributed by atoms with Gasteiger partial charge in [-0.1, -0.05) is 18.2 Å². The van der Waals surface area contributed by atoms with Crippen LogP contribution in [0.5, 0.6) is 0 Å². The van der Waals surface area contributed by atoms with E-state index < -0.39 is 23.4 Å². The number of hydrogen-bond acceptors (Lipinski definition) is 4. The molecule has 0 atom stereocenters. The van der Waals surface area contributed by atoms with Crippen LogP contribution in [0.3, 0.4) is 0 Å². The number of fused-ring (bicyclic) bond motifs is 1. The summed E-state index contributed by atoms with van der Waals surface area (Å²) in [4.78, 5) is 25.3. The van der Waals surface area contributed by atoms with Gasteiger partial charge in [-0.05, 0) is 70.4 Å². The lowest BCUT2D eigenvalue weighted by Crippen LogP contribution is -2.27. The third kappa shape index (κ3) is 4.64. The summed E-state index contributed by atoms with van der Waals surface area (Å²) in [5, 5.41) is 9.83. The van der Waals surface area contributed by atoms with E-state index in [4.69, 9.17) is 4.74 Å². The number of ether oxygens (including phenoxy) is 1. The summed E-state index contributed by atoms with van der Waals surface area (Å²) in [5.41, 5.74) is 2.74. The van der Waals surface area contributed by atoms with E-state index in [1.54, 1.807) is 25.5 Å². The van der Waals surface area contributed by atoms with Crippen LogP contribution in [0.4, 0.5) is 20.6 Å². The molecule has 2 aromatic carbocycles. The number of carbonyl (C=O) groups excluding carboxylic acids is 2. The number of amides is 2. The van der Waals surface area contributed by atoms with Crippen LogP contribution in [0.25, 0.3) is 5.69 Å². The highest BCUT2D eigenvalue weighted by Gasteiger charge is 2.27. The van der Waals surface area contributed by atoms with E-state index in [2.05, 4.69) is 15.7 Å².